The zero-order valence-electron chi connectivity index (χ0n) is 10.6. The van der Waals surface area contributed by atoms with Crippen LogP contribution in [0.2, 0.25) is 0 Å². The molecule has 0 bridgehead atoms. The summed E-state index contributed by atoms with van der Waals surface area (Å²) in [7, 11) is 0. The molecule has 0 fully saturated rings. The minimum absolute atomic E-state index is 0.169. The number of nitrogens with zero attached hydrogens (tertiary/aromatic N) is 1. The second kappa shape index (κ2) is 6.82. The summed E-state index contributed by atoms with van der Waals surface area (Å²) in [6.45, 7) is 2.24. The van der Waals surface area contributed by atoms with Crippen LogP contribution in [-0.4, -0.2) is 17.6 Å². The fourth-order valence-corrected chi connectivity index (χ4v) is 3.14. The molecule has 0 aliphatic heterocycles. The van der Waals surface area contributed by atoms with Crippen LogP contribution in [0, 0.1) is 0 Å². The van der Waals surface area contributed by atoms with Crippen LogP contribution in [0.1, 0.15) is 19.0 Å². The smallest absolute Gasteiger partial charge is 0.306 e. The summed E-state index contributed by atoms with van der Waals surface area (Å²) in [5.41, 5.74) is 2.01. The van der Waals surface area contributed by atoms with E-state index in [9.17, 15) is 4.79 Å². The molecular formula is C14H14BrNO2S. The van der Waals surface area contributed by atoms with Crippen molar-refractivity contribution < 1.29 is 9.53 Å². The maximum Gasteiger partial charge on any atom is 0.306 e. The van der Waals surface area contributed by atoms with Crippen molar-refractivity contribution in [3.63, 3.8) is 0 Å². The second-order valence-corrected chi connectivity index (χ2v) is 5.64. The second-order valence-electron chi connectivity index (χ2n) is 3.93. The van der Waals surface area contributed by atoms with Crippen LogP contribution in [0.5, 0.6) is 0 Å². The van der Waals surface area contributed by atoms with Gasteiger partial charge in [0.25, 0.3) is 0 Å². The van der Waals surface area contributed by atoms with E-state index in [1.165, 1.54) is 0 Å². The van der Waals surface area contributed by atoms with Gasteiger partial charge in [-0.3, -0.25) is 4.79 Å². The molecule has 0 aliphatic carbocycles. The molecule has 0 aliphatic rings. The van der Waals surface area contributed by atoms with Crippen molar-refractivity contribution in [3.8, 4) is 10.6 Å². The molecule has 2 rings (SSSR count). The predicted octanol–water partition coefficient (Wildman–Crippen LogP) is 4.07. The summed E-state index contributed by atoms with van der Waals surface area (Å²) in [5.74, 6) is -0.169. The molecule has 3 nitrogen and oxygen atoms in total. The Bertz CT molecular complexity index is 568. The monoisotopic (exact) mass is 339 g/mol. The van der Waals surface area contributed by atoms with Gasteiger partial charge in [-0.25, -0.2) is 4.98 Å². The van der Waals surface area contributed by atoms with Crippen molar-refractivity contribution in [1.82, 2.24) is 4.98 Å². The fourth-order valence-electron chi connectivity index (χ4n) is 1.64. The molecule has 2 aromatic rings. The lowest BCUT2D eigenvalue weighted by molar-refractivity contribution is -0.143. The molecule has 0 unspecified atom stereocenters. The number of thiazole rings is 1. The van der Waals surface area contributed by atoms with Crippen molar-refractivity contribution in [2.45, 2.75) is 19.8 Å². The number of ether oxygens (including phenoxy) is 1. The molecule has 0 amide bonds. The van der Waals surface area contributed by atoms with E-state index in [4.69, 9.17) is 4.74 Å². The Morgan fingerprint density at radius 3 is 2.95 bits per heavy atom. The molecule has 0 saturated carbocycles. The highest BCUT2D eigenvalue weighted by molar-refractivity contribution is 9.10. The molecule has 0 atom stereocenters. The van der Waals surface area contributed by atoms with Crippen LogP contribution in [0.3, 0.4) is 0 Å². The van der Waals surface area contributed by atoms with E-state index in [-0.39, 0.29) is 5.97 Å². The van der Waals surface area contributed by atoms with E-state index in [0.29, 0.717) is 19.4 Å². The highest BCUT2D eigenvalue weighted by Gasteiger charge is 2.09. The van der Waals surface area contributed by atoms with Crippen molar-refractivity contribution in [2.75, 3.05) is 6.61 Å². The zero-order valence-corrected chi connectivity index (χ0v) is 13.0. The molecule has 100 valence electrons. The highest BCUT2D eigenvalue weighted by atomic mass is 79.9. The average molecular weight is 340 g/mol. The first-order chi connectivity index (χ1) is 9.20. The molecule has 0 N–H and O–H groups in total. The van der Waals surface area contributed by atoms with Crippen molar-refractivity contribution >= 4 is 33.2 Å². The van der Waals surface area contributed by atoms with Gasteiger partial charge in [0.15, 0.2) is 0 Å². The van der Waals surface area contributed by atoms with E-state index in [1.54, 1.807) is 11.3 Å². The van der Waals surface area contributed by atoms with E-state index in [1.807, 2.05) is 36.6 Å². The maximum atomic E-state index is 11.3. The Hall–Kier alpha value is -1.20. The van der Waals surface area contributed by atoms with Crippen LogP contribution >= 0.6 is 27.3 Å². The van der Waals surface area contributed by atoms with Gasteiger partial charge in [0, 0.05) is 21.8 Å². The lowest BCUT2D eigenvalue weighted by atomic mass is 10.2. The number of halogens is 1. The first-order valence-electron chi connectivity index (χ1n) is 6.05. The normalized spacial score (nSPS) is 10.4. The van der Waals surface area contributed by atoms with Gasteiger partial charge < -0.3 is 4.74 Å². The van der Waals surface area contributed by atoms with Crippen LogP contribution in [0.4, 0.5) is 0 Å². The maximum absolute atomic E-state index is 11.3. The minimum Gasteiger partial charge on any atom is -0.466 e. The molecule has 1 aromatic heterocycles. The van der Waals surface area contributed by atoms with Gasteiger partial charge in [-0.2, -0.15) is 0 Å². The van der Waals surface area contributed by atoms with Gasteiger partial charge in [-0.1, -0.05) is 34.1 Å². The standard InChI is InChI=1S/C14H14BrNO2S/c1-2-18-13(17)8-7-10-9-19-14(16-10)11-5-3-4-6-12(11)15/h3-6,9H,2,7-8H2,1H3. The number of esters is 1. The third-order valence-corrected chi connectivity index (χ3v) is 4.16. The summed E-state index contributed by atoms with van der Waals surface area (Å²) in [4.78, 5) is 15.8. The number of benzene rings is 1. The van der Waals surface area contributed by atoms with Gasteiger partial charge in [-0.05, 0) is 13.0 Å². The molecule has 5 heteroatoms. The van der Waals surface area contributed by atoms with Crippen LogP contribution < -0.4 is 0 Å². The number of aryl methyl sites for hydroxylation is 1. The van der Waals surface area contributed by atoms with Crippen LogP contribution in [0.15, 0.2) is 34.1 Å². The van der Waals surface area contributed by atoms with E-state index < -0.39 is 0 Å². The van der Waals surface area contributed by atoms with Crippen molar-refractivity contribution in [2.24, 2.45) is 0 Å². The molecule has 1 heterocycles. The number of aromatic nitrogens is 1. The van der Waals surface area contributed by atoms with Crippen LogP contribution in [-0.2, 0) is 16.0 Å². The Morgan fingerprint density at radius 1 is 1.42 bits per heavy atom. The summed E-state index contributed by atoms with van der Waals surface area (Å²) in [5, 5.41) is 2.96. The molecule has 1 aromatic carbocycles. The lowest BCUT2D eigenvalue weighted by Crippen LogP contribution is -2.05. The Kier molecular flexibility index (Phi) is 5.10. The third-order valence-electron chi connectivity index (χ3n) is 2.55. The van der Waals surface area contributed by atoms with Crippen molar-refractivity contribution in [1.29, 1.82) is 0 Å². The average Bonchev–Trinajstić information content (AvgIpc) is 2.86. The molecule has 0 radical (unpaired) electrons. The first-order valence-corrected chi connectivity index (χ1v) is 7.73. The van der Waals surface area contributed by atoms with Gasteiger partial charge >= 0.3 is 5.97 Å². The lowest BCUT2D eigenvalue weighted by Gasteiger charge is -2.00. The van der Waals surface area contributed by atoms with E-state index >= 15 is 0 Å². The molecule has 0 spiro atoms. The van der Waals surface area contributed by atoms with Crippen molar-refractivity contribution in [3.05, 3.63) is 39.8 Å². The van der Waals surface area contributed by atoms with E-state index in [0.717, 1.165) is 20.7 Å². The van der Waals surface area contributed by atoms with E-state index in [2.05, 4.69) is 20.9 Å². The number of carbonyl (C=O) groups is 1. The topological polar surface area (TPSA) is 39.2 Å². The molecule has 19 heavy (non-hydrogen) atoms. The third kappa shape index (κ3) is 3.88. The van der Waals surface area contributed by atoms with Gasteiger partial charge in [0.1, 0.15) is 5.01 Å². The quantitative estimate of drug-likeness (QED) is 0.771. The Morgan fingerprint density at radius 2 is 2.21 bits per heavy atom. The SMILES string of the molecule is CCOC(=O)CCc1csc(-c2ccccc2Br)n1. The van der Waals surface area contributed by atoms with Gasteiger partial charge in [0.05, 0.1) is 18.7 Å². The zero-order chi connectivity index (χ0) is 13.7. The summed E-state index contributed by atoms with van der Waals surface area (Å²) < 4.78 is 5.93. The number of carbonyl (C=O) groups excluding carboxylic acids is 1. The molecule has 0 saturated heterocycles. The summed E-state index contributed by atoms with van der Waals surface area (Å²) >= 11 is 5.11. The predicted molar refractivity (Wildman–Crippen MR) is 80.2 cm³/mol. The first kappa shape index (κ1) is 14.2. The Labute approximate surface area is 124 Å². The number of hydrogen-bond acceptors (Lipinski definition) is 4. The number of hydrogen-bond donors (Lipinski definition) is 0. The Balaban J connectivity index is 2.04. The highest BCUT2D eigenvalue weighted by Crippen LogP contribution is 2.30. The summed E-state index contributed by atoms with van der Waals surface area (Å²) in [6, 6.07) is 7.98. The number of rotatable bonds is 5. The van der Waals surface area contributed by atoms with Gasteiger partial charge in [-0.15, -0.1) is 11.3 Å². The minimum atomic E-state index is -0.169. The fraction of sp³-hybridized carbons (Fsp3) is 0.286. The molecular weight excluding hydrogens is 326 g/mol. The van der Waals surface area contributed by atoms with Gasteiger partial charge in [0.2, 0.25) is 0 Å². The largest absolute Gasteiger partial charge is 0.466 e. The summed E-state index contributed by atoms with van der Waals surface area (Å²) in [6.07, 6.45) is 1.01. The van der Waals surface area contributed by atoms with Crippen LogP contribution in [0.25, 0.3) is 10.6 Å².